The number of anilines is 2. The van der Waals surface area contributed by atoms with Crippen molar-refractivity contribution >= 4 is 11.6 Å². The standard InChI is InChI=1S/C16H23N5/c1-3-13-6-4-5-7-15(13)21(14-8-10-17-11-9-14)16-18-12(2)19-20-16/h4-7,14,17H,3,8-11H2,1-2H3,(H,18,19,20). The molecule has 0 aliphatic carbocycles. The summed E-state index contributed by atoms with van der Waals surface area (Å²) in [7, 11) is 0. The van der Waals surface area contributed by atoms with E-state index in [9.17, 15) is 0 Å². The first-order valence-electron chi connectivity index (χ1n) is 7.76. The average Bonchev–Trinajstić information content (AvgIpc) is 2.95. The minimum Gasteiger partial charge on any atom is -0.317 e. The number of para-hydroxylation sites is 1. The maximum atomic E-state index is 4.34. The number of aromatic nitrogens is 3. The van der Waals surface area contributed by atoms with Gasteiger partial charge in [-0.2, -0.15) is 0 Å². The molecule has 0 spiro atoms. The predicted molar refractivity (Wildman–Crippen MR) is 85.0 cm³/mol. The molecule has 0 atom stereocenters. The van der Waals surface area contributed by atoms with Gasteiger partial charge in [-0.25, -0.2) is 0 Å². The summed E-state index contributed by atoms with van der Waals surface area (Å²) in [5.41, 5.74) is 2.60. The van der Waals surface area contributed by atoms with E-state index in [1.54, 1.807) is 0 Å². The van der Waals surface area contributed by atoms with Crippen LogP contribution < -0.4 is 10.2 Å². The summed E-state index contributed by atoms with van der Waals surface area (Å²) in [6.45, 7) is 6.26. The number of rotatable bonds is 4. The molecule has 0 radical (unpaired) electrons. The number of hydrogen-bond acceptors (Lipinski definition) is 4. The van der Waals surface area contributed by atoms with E-state index in [0.29, 0.717) is 6.04 Å². The van der Waals surface area contributed by atoms with Crippen LogP contribution in [0.5, 0.6) is 0 Å². The van der Waals surface area contributed by atoms with Gasteiger partial charge in [-0.3, -0.25) is 0 Å². The fourth-order valence-corrected chi connectivity index (χ4v) is 3.04. The minimum atomic E-state index is 0.464. The lowest BCUT2D eigenvalue weighted by molar-refractivity contribution is 0.448. The van der Waals surface area contributed by atoms with Gasteiger partial charge in [-0.1, -0.05) is 25.1 Å². The zero-order valence-electron chi connectivity index (χ0n) is 12.8. The first kappa shape index (κ1) is 14.1. The first-order valence-corrected chi connectivity index (χ1v) is 7.76. The third-order valence-corrected chi connectivity index (χ3v) is 4.12. The van der Waals surface area contributed by atoms with Gasteiger partial charge in [0.15, 0.2) is 0 Å². The number of hydrogen-bond donors (Lipinski definition) is 2. The summed E-state index contributed by atoms with van der Waals surface area (Å²) in [5.74, 6) is 1.72. The van der Waals surface area contributed by atoms with Crippen LogP contribution in [-0.4, -0.2) is 34.3 Å². The predicted octanol–water partition coefficient (Wildman–Crippen LogP) is 2.57. The van der Waals surface area contributed by atoms with Gasteiger partial charge in [0, 0.05) is 11.7 Å². The van der Waals surface area contributed by atoms with Crippen molar-refractivity contribution in [3.8, 4) is 0 Å². The summed E-state index contributed by atoms with van der Waals surface area (Å²) in [6, 6.07) is 9.07. The molecule has 0 saturated carbocycles. The van der Waals surface area contributed by atoms with E-state index < -0.39 is 0 Å². The Bertz CT molecular complexity index is 586. The molecule has 0 unspecified atom stereocenters. The molecule has 0 amide bonds. The largest absolute Gasteiger partial charge is 0.317 e. The van der Waals surface area contributed by atoms with Crippen molar-refractivity contribution in [3.63, 3.8) is 0 Å². The van der Waals surface area contributed by atoms with Gasteiger partial charge in [0.1, 0.15) is 5.82 Å². The molecule has 5 heteroatoms. The molecule has 1 aliphatic heterocycles. The van der Waals surface area contributed by atoms with E-state index in [0.717, 1.165) is 44.1 Å². The third kappa shape index (κ3) is 2.93. The quantitative estimate of drug-likeness (QED) is 0.906. The van der Waals surface area contributed by atoms with Gasteiger partial charge in [0.25, 0.3) is 0 Å². The molecule has 21 heavy (non-hydrogen) atoms. The van der Waals surface area contributed by atoms with Gasteiger partial charge >= 0.3 is 0 Å². The Morgan fingerprint density at radius 2 is 1.95 bits per heavy atom. The minimum absolute atomic E-state index is 0.464. The molecule has 5 nitrogen and oxygen atoms in total. The molecular weight excluding hydrogens is 262 g/mol. The molecular formula is C16H23N5. The molecule has 2 aromatic rings. The summed E-state index contributed by atoms with van der Waals surface area (Å²) in [5, 5.41) is 11.9. The number of aromatic amines is 1. The highest BCUT2D eigenvalue weighted by atomic mass is 15.4. The highest BCUT2D eigenvalue weighted by Gasteiger charge is 2.26. The average molecular weight is 285 g/mol. The van der Waals surface area contributed by atoms with Crippen LogP contribution in [0.15, 0.2) is 24.3 Å². The highest BCUT2D eigenvalue weighted by Crippen LogP contribution is 2.31. The lowest BCUT2D eigenvalue weighted by Crippen LogP contribution is -2.41. The van der Waals surface area contributed by atoms with E-state index >= 15 is 0 Å². The van der Waals surface area contributed by atoms with E-state index in [2.05, 4.69) is 56.6 Å². The first-order chi connectivity index (χ1) is 10.3. The number of aryl methyl sites for hydroxylation is 2. The van der Waals surface area contributed by atoms with Crippen molar-refractivity contribution in [3.05, 3.63) is 35.7 Å². The van der Waals surface area contributed by atoms with E-state index in [1.165, 1.54) is 11.3 Å². The molecule has 2 heterocycles. The second-order valence-electron chi connectivity index (χ2n) is 5.57. The summed E-state index contributed by atoms with van der Waals surface area (Å²) in [6.07, 6.45) is 3.26. The van der Waals surface area contributed by atoms with Crippen molar-refractivity contribution in [2.75, 3.05) is 18.0 Å². The molecule has 1 aromatic heterocycles. The van der Waals surface area contributed by atoms with Crippen LogP contribution in [0.4, 0.5) is 11.6 Å². The Hall–Kier alpha value is -1.88. The van der Waals surface area contributed by atoms with Gasteiger partial charge < -0.3 is 15.2 Å². The summed E-state index contributed by atoms with van der Waals surface area (Å²) >= 11 is 0. The molecule has 2 N–H and O–H groups in total. The van der Waals surface area contributed by atoms with Gasteiger partial charge in [0.05, 0.1) is 0 Å². The lowest BCUT2D eigenvalue weighted by atomic mass is 10.0. The molecule has 1 saturated heterocycles. The van der Waals surface area contributed by atoms with Crippen LogP contribution in [0.3, 0.4) is 0 Å². The second kappa shape index (κ2) is 6.26. The van der Waals surface area contributed by atoms with E-state index in [1.807, 2.05) is 6.92 Å². The summed E-state index contributed by atoms with van der Waals surface area (Å²) in [4.78, 5) is 5.65. The smallest absolute Gasteiger partial charge is 0.229 e. The van der Waals surface area contributed by atoms with E-state index in [4.69, 9.17) is 0 Å². The number of nitrogens with zero attached hydrogens (tertiary/aromatic N) is 3. The van der Waals surface area contributed by atoms with Crippen LogP contribution in [0, 0.1) is 6.92 Å². The van der Waals surface area contributed by atoms with Crippen molar-refractivity contribution in [1.29, 1.82) is 0 Å². The molecule has 1 aliphatic rings. The zero-order chi connectivity index (χ0) is 14.7. The van der Waals surface area contributed by atoms with Gasteiger partial charge in [-0.15, -0.1) is 10.2 Å². The number of piperidine rings is 1. The SMILES string of the molecule is CCc1ccccc1N(c1nnc(C)[nH]1)C1CCNCC1. The molecule has 3 rings (SSSR count). The number of nitrogens with one attached hydrogen (secondary N) is 2. The Labute approximate surface area is 125 Å². The Kier molecular flexibility index (Phi) is 4.20. The number of H-pyrrole nitrogens is 1. The van der Waals surface area contributed by atoms with Gasteiger partial charge in [-0.05, 0) is 50.9 Å². The molecule has 112 valence electrons. The van der Waals surface area contributed by atoms with Gasteiger partial charge in [0.2, 0.25) is 5.95 Å². The zero-order valence-corrected chi connectivity index (χ0v) is 12.8. The van der Waals surface area contributed by atoms with Crippen LogP contribution in [0.1, 0.15) is 31.2 Å². The highest BCUT2D eigenvalue weighted by molar-refractivity contribution is 5.62. The molecule has 1 aromatic carbocycles. The Morgan fingerprint density at radius 1 is 1.19 bits per heavy atom. The Morgan fingerprint density at radius 3 is 2.62 bits per heavy atom. The Balaban J connectivity index is 2.02. The van der Waals surface area contributed by atoms with E-state index in [-0.39, 0.29) is 0 Å². The van der Waals surface area contributed by atoms with Crippen molar-refractivity contribution in [1.82, 2.24) is 20.5 Å². The summed E-state index contributed by atoms with van der Waals surface area (Å²) < 4.78 is 0. The van der Waals surface area contributed by atoms with Crippen molar-refractivity contribution in [2.24, 2.45) is 0 Å². The second-order valence-corrected chi connectivity index (χ2v) is 5.57. The van der Waals surface area contributed by atoms with Crippen molar-refractivity contribution in [2.45, 2.75) is 39.2 Å². The molecule has 1 fully saturated rings. The third-order valence-electron chi connectivity index (χ3n) is 4.12. The topological polar surface area (TPSA) is 56.8 Å². The van der Waals surface area contributed by atoms with Crippen LogP contribution in [0.25, 0.3) is 0 Å². The fraction of sp³-hybridized carbons (Fsp3) is 0.500. The lowest BCUT2D eigenvalue weighted by Gasteiger charge is -2.35. The maximum Gasteiger partial charge on any atom is 0.229 e. The van der Waals surface area contributed by atoms with Crippen LogP contribution in [0.2, 0.25) is 0 Å². The van der Waals surface area contributed by atoms with Crippen LogP contribution >= 0.6 is 0 Å². The maximum absolute atomic E-state index is 4.34. The number of benzene rings is 1. The van der Waals surface area contributed by atoms with Crippen molar-refractivity contribution < 1.29 is 0 Å². The fourth-order valence-electron chi connectivity index (χ4n) is 3.04. The molecule has 0 bridgehead atoms. The monoisotopic (exact) mass is 285 g/mol. The van der Waals surface area contributed by atoms with Crippen LogP contribution in [-0.2, 0) is 6.42 Å². The normalized spacial score (nSPS) is 16.1.